The molecule has 2 aromatic carbocycles. The Hall–Kier alpha value is -3.08. The van der Waals surface area contributed by atoms with E-state index in [0.29, 0.717) is 38.2 Å². The van der Waals surface area contributed by atoms with Crippen molar-refractivity contribution in [2.45, 2.75) is 33.2 Å². The van der Waals surface area contributed by atoms with Crippen LogP contribution in [0, 0.1) is 19.8 Å². The van der Waals surface area contributed by atoms with Gasteiger partial charge in [0.25, 0.3) is 5.91 Å². The Bertz CT molecular complexity index is 1030. The van der Waals surface area contributed by atoms with E-state index in [1.54, 1.807) is 0 Å². The van der Waals surface area contributed by atoms with Crippen molar-refractivity contribution in [3.8, 4) is 0 Å². The van der Waals surface area contributed by atoms with Crippen LogP contribution in [0.3, 0.4) is 0 Å². The van der Waals surface area contributed by atoms with Gasteiger partial charge in [-0.15, -0.1) is 0 Å². The Kier molecular flexibility index (Phi) is 5.38. The maximum atomic E-state index is 12.9. The van der Waals surface area contributed by atoms with Gasteiger partial charge in [0.2, 0.25) is 5.91 Å². The number of hydrogen-bond donors (Lipinski definition) is 2. The number of fused-ring (bicyclic) bond motifs is 1. The van der Waals surface area contributed by atoms with Gasteiger partial charge >= 0.3 is 0 Å². The fourth-order valence-electron chi connectivity index (χ4n) is 4.16. The first-order chi connectivity index (χ1) is 14.0. The number of carbonyl (C=O) groups excluding carboxylic acids is 2. The largest absolute Gasteiger partial charge is 0.352 e. The summed E-state index contributed by atoms with van der Waals surface area (Å²) in [5.41, 5.74) is 5.07. The van der Waals surface area contributed by atoms with E-state index in [0.717, 1.165) is 16.5 Å². The molecule has 0 bridgehead atoms. The van der Waals surface area contributed by atoms with E-state index in [1.807, 2.05) is 41.3 Å². The van der Waals surface area contributed by atoms with E-state index in [2.05, 4.69) is 36.3 Å². The van der Waals surface area contributed by atoms with Crippen LogP contribution in [0.1, 0.15) is 40.0 Å². The average molecular weight is 389 g/mol. The number of benzene rings is 2. The van der Waals surface area contributed by atoms with Crippen LogP contribution in [-0.2, 0) is 11.3 Å². The minimum absolute atomic E-state index is 0.0152. The number of rotatable bonds is 4. The molecule has 0 spiro atoms. The van der Waals surface area contributed by atoms with Gasteiger partial charge in [0.1, 0.15) is 5.69 Å². The van der Waals surface area contributed by atoms with Crippen molar-refractivity contribution >= 4 is 22.7 Å². The molecule has 1 saturated heterocycles. The highest BCUT2D eigenvalue weighted by atomic mass is 16.2. The van der Waals surface area contributed by atoms with Crippen molar-refractivity contribution in [2.24, 2.45) is 5.92 Å². The Morgan fingerprint density at radius 1 is 1.07 bits per heavy atom. The lowest BCUT2D eigenvalue weighted by molar-refractivity contribution is -0.126. The van der Waals surface area contributed by atoms with Gasteiger partial charge in [0, 0.05) is 36.5 Å². The lowest BCUT2D eigenvalue weighted by atomic mass is 9.95. The van der Waals surface area contributed by atoms with E-state index < -0.39 is 0 Å². The topological polar surface area (TPSA) is 65.2 Å². The predicted octanol–water partition coefficient (Wildman–Crippen LogP) is 3.95. The minimum atomic E-state index is -0.0321. The van der Waals surface area contributed by atoms with E-state index >= 15 is 0 Å². The summed E-state index contributed by atoms with van der Waals surface area (Å²) in [6.07, 6.45) is 1.40. The number of piperidine rings is 1. The van der Waals surface area contributed by atoms with Crippen LogP contribution < -0.4 is 5.32 Å². The van der Waals surface area contributed by atoms with Crippen molar-refractivity contribution in [3.63, 3.8) is 0 Å². The molecule has 5 nitrogen and oxygen atoms in total. The van der Waals surface area contributed by atoms with Gasteiger partial charge in [-0.1, -0.05) is 36.4 Å². The van der Waals surface area contributed by atoms with Crippen LogP contribution >= 0.6 is 0 Å². The lowest BCUT2D eigenvalue weighted by Crippen LogP contribution is -2.43. The number of H-pyrrole nitrogens is 1. The van der Waals surface area contributed by atoms with E-state index in [-0.39, 0.29) is 17.7 Å². The highest BCUT2D eigenvalue weighted by Gasteiger charge is 2.28. The zero-order valence-corrected chi connectivity index (χ0v) is 17.0. The third-order valence-corrected chi connectivity index (χ3v) is 5.78. The highest BCUT2D eigenvalue weighted by molar-refractivity contribution is 5.99. The van der Waals surface area contributed by atoms with Crippen molar-refractivity contribution < 1.29 is 9.59 Å². The second-order valence-electron chi connectivity index (χ2n) is 8.00. The molecule has 1 fully saturated rings. The molecular formula is C24H27N3O2. The summed E-state index contributed by atoms with van der Waals surface area (Å²) < 4.78 is 0. The third-order valence-electron chi connectivity index (χ3n) is 5.78. The zero-order valence-electron chi connectivity index (χ0n) is 17.0. The second kappa shape index (κ2) is 8.11. The normalized spacial score (nSPS) is 14.9. The van der Waals surface area contributed by atoms with Crippen LogP contribution in [0.25, 0.3) is 10.9 Å². The molecule has 0 radical (unpaired) electrons. The van der Waals surface area contributed by atoms with E-state index in [9.17, 15) is 9.59 Å². The highest BCUT2D eigenvalue weighted by Crippen LogP contribution is 2.24. The van der Waals surface area contributed by atoms with Gasteiger partial charge in [0.05, 0.1) is 0 Å². The number of aryl methyl sites for hydroxylation is 2. The molecule has 0 unspecified atom stereocenters. The molecule has 1 aliphatic rings. The number of nitrogens with zero attached hydrogens (tertiary/aromatic N) is 1. The molecule has 2 heterocycles. The van der Waals surface area contributed by atoms with Crippen LogP contribution in [0.2, 0.25) is 0 Å². The van der Waals surface area contributed by atoms with E-state index in [4.69, 9.17) is 0 Å². The minimum Gasteiger partial charge on any atom is -0.352 e. The van der Waals surface area contributed by atoms with Gasteiger partial charge in [-0.05, 0) is 55.5 Å². The van der Waals surface area contributed by atoms with Crippen molar-refractivity contribution in [1.82, 2.24) is 15.2 Å². The number of aromatic amines is 1. The maximum absolute atomic E-state index is 12.9. The second-order valence-corrected chi connectivity index (χ2v) is 8.00. The summed E-state index contributed by atoms with van der Waals surface area (Å²) in [5.74, 6) is 0.0643. The van der Waals surface area contributed by atoms with Gasteiger partial charge in [-0.3, -0.25) is 9.59 Å². The molecule has 1 aromatic heterocycles. The first-order valence-corrected chi connectivity index (χ1v) is 10.2. The summed E-state index contributed by atoms with van der Waals surface area (Å²) in [6, 6.07) is 16.1. The summed E-state index contributed by atoms with van der Waals surface area (Å²) >= 11 is 0. The molecule has 0 saturated carbocycles. The molecule has 2 N–H and O–H groups in total. The first-order valence-electron chi connectivity index (χ1n) is 10.2. The summed E-state index contributed by atoms with van der Waals surface area (Å²) in [4.78, 5) is 30.6. The Morgan fingerprint density at radius 2 is 1.79 bits per heavy atom. The fraction of sp³-hybridized carbons (Fsp3) is 0.333. The first kappa shape index (κ1) is 19.2. The molecular weight excluding hydrogens is 362 g/mol. The van der Waals surface area contributed by atoms with Crippen LogP contribution in [-0.4, -0.2) is 34.8 Å². The van der Waals surface area contributed by atoms with Gasteiger partial charge in [0.15, 0.2) is 0 Å². The summed E-state index contributed by atoms with van der Waals surface area (Å²) in [5, 5.41) is 4.12. The molecule has 2 amide bonds. The van der Waals surface area contributed by atoms with Crippen LogP contribution in [0.15, 0.2) is 48.5 Å². The molecule has 29 heavy (non-hydrogen) atoms. The summed E-state index contributed by atoms with van der Waals surface area (Å²) in [7, 11) is 0. The summed E-state index contributed by atoms with van der Waals surface area (Å²) in [6.45, 7) is 5.89. The standard InChI is InChI=1S/C24H27N3O2/c1-16-12-17(2)20-14-22(26-21(20)13-16)24(29)27-10-8-19(9-11-27)23(28)25-15-18-6-4-3-5-7-18/h3-7,12-14,19,26H,8-11,15H2,1-2H3,(H,25,28). The number of carbonyl (C=O) groups is 2. The van der Waals surface area contributed by atoms with Crippen molar-refractivity contribution in [3.05, 3.63) is 70.9 Å². The molecule has 0 aliphatic carbocycles. The van der Waals surface area contributed by atoms with Gasteiger partial charge in [-0.25, -0.2) is 0 Å². The monoisotopic (exact) mass is 389 g/mol. The lowest BCUT2D eigenvalue weighted by Gasteiger charge is -2.31. The van der Waals surface area contributed by atoms with Crippen LogP contribution in [0.5, 0.6) is 0 Å². The van der Waals surface area contributed by atoms with Crippen molar-refractivity contribution in [2.75, 3.05) is 13.1 Å². The molecule has 0 atom stereocenters. The number of hydrogen-bond acceptors (Lipinski definition) is 2. The van der Waals surface area contributed by atoms with Crippen LogP contribution in [0.4, 0.5) is 0 Å². The SMILES string of the molecule is Cc1cc(C)c2cc(C(=O)N3CCC(C(=O)NCc4ccccc4)CC3)[nH]c2c1. The number of nitrogens with one attached hydrogen (secondary N) is 2. The fourth-order valence-corrected chi connectivity index (χ4v) is 4.16. The zero-order chi connectivity index (χ0) is 20.4. The predicted molar refractivity (Wildman–Crippen MR) is 115 cm³/mol. The number of amides is 2. The van der Waals surface area contributed by atoms with E-state index in [1.165, 1.54) is 11.1 Å². The smallest absolute Gasteiger partial charge is 0.270 e. The molecule has 3 aromatic rings. The molecule has 1 aliphatic heterocycles. The number of aromatic nitrogens is 1. The van der Waals surface area contributed by atoms with Crippen molar-refractivity contribution in [1.29, 1.82) is 0 Å². The quantitative estimate of drug-likeness (QED) is 0.709. The number of likely N-dealkylation sites (tertiary alicyclic amines) is 1. The molecule has 4 rings (SSSR count). The van der Waals surface area contributed by atoms with Gasteiger partial charge < -0.3 is 15.2 Å². The molecule has 150 valence electrons. The Labute approximate surface area is 171 Å². The Morgan fingerprint density at radius 3 is 2.52 bits per heavy atom. The third kappa shape index (κ3) is 4.19. The van der Waals surface area contributed by atoms with Gasteiger partial charge in [-0.2, -0.15) is 0 Å². The Balaban J connectivity index is 1.35. The average Bonchev–Trinajstić information content (AvgIpc) is 3.17. The maximum Gasteiger partial charge on any atom is 0.270 e. The molecule has 5 heteroatoms.